The van der Waals surface area contributed by atoms with Gasteiger partial charge in [-0.15, -0.1) is 0 Å². The molecule has 2 bridgehead atoms. The third-order valence-electron chi connectivity index (χ3n) is 2.87. The molecule has 0 aromatic heterocycles. The summed E-state index contributed by atoms with van der Waals surface area (Å²) in [6.07, 6.45) is 0. The summed E-state index contributed by atoms with van der Waals surface area (Å²) < 4.78 is 0. The number of carbonyl (C=O) groups is 1. The quantitative estimate of drug-likeness (QED) is 0.709. The number of aliphatic hydroxyl groups is 1. The Morgan fingerprint density at radius 1 is 0.889 bits per heavy atom. The normalized spacial score (nSPS) is 12.3. The van der Waals surface area contributed by atoms with E-state index < -0.39 is 5.60 Å². The molecular weight excluding hydrogens is 224 g/mol. The average Bonchev–Trinajstić information content (AvgIpc) is 2.40. The zero-order valence-corrected chi connectivity index (χ0v) is 10.6. The predicted molar refractivity (Wildman–Crippen MR) is 71.6 cm³/mol. The molecule has 0 aliphatic heterocycles. The molecule has 4 rings (SSSR count). The zero-order chi connectivity index (χ0) is 13.2. The van der Waals surface area contributed by atoms with Gasteiger partial charge < -0.3 is 5.11 Å². The molecule has 1 N–H and O–H groups in total. The van der Waals surface area contributed by atoms with Crippen molar-refractivity contribution in [1.29, 1.82) is 0 Å². The Labute approximate surface area is 107 Å². The molecule has 0 spiro atoms. The van der Waals surface area contributed by atoms with Crippen molar-refractivity contribution >= 4 is 5.78 Å². The van der Waals surface area contributed by atoms with Crippen molar-refractivity contribution < 1.29 is 9.90 Å². The molecule has 0 fully saturated rings. The first-order valence-corrected chi connectivity index (χ1v) is 5.91. The van der Waals surface area contributed by atoms with E-state index in [0.29, 0.717) is 0 Å². The molecule has 0 saturated heterocycles. The third-order valence-corrected chi connectivity index (χ3v) is 2.87. The maximum atomic E-state index is 10.7. The molecule has 18 heavy (non-hydrogen) atoms. The van der Waals surface area contributed by atoms with Crippen LogP contribution in [0.1, 0.15) is 35.3 Å². The van der Waals surface area contributed by atoms with Gasteiger partial charge in [-0.1, -0.05) is 48.5 Å². The molecule has 2 aliphatic rings. The fourth-order valence-electron chi connectivity index (χ4n) is 1.74. The summed E-state index contributed by atoms with van der Waals surface area (Å²) in [6, 6.07) is 17.1. The summed E-state index contributed by atoms with van der Waals surface area (Å²) in [5, 5.41) is 9.49. The molecule has 0 saturated carbocycles. The van der Waals surface area contributed by atoms with Gasteiger partial charge in [-0.2, -0.15) is 0 Å². The van der Waals surface area contributed by atoms with E-state index in [0.717, 1.165) is 16.7 Å². The number of fused-ring (bicyclic) bond motifs is 2. The Balaban J connectivity index is 0.000000136. The molecule has 0 heterocycles. The van der Waals surface area contributed by atoms with Crippen LogP contribution < -0.4 is 0 Å². The SMILES string of the molecule is CC(C)(O)c1ccccc1.O=C1c2cccc1c2. The van der Waals surface area contributed by atoms with Gasteiger partial charge in [-0.05, 0) is 25.5 Å². The van der Waals surface area contributed by atoms with Crippen molar-refractivity contribution in [2.24, 2.45) is 0 Å². The van der Waals surface area contributed by atoms with Gasteiger partial charge >= 0.3 is 0 Å². The van der Waals surface area contributed by atoms with Crippen LogP contribution in [0.15, 0.2) is 54.6 Å². The van der Waals surface area contributed by atoms with E-state index in [4.69, 9.17) is 0 Å². The highest BCUT2D eigenvalue weighted by Gasteiger charge is 2.17. The lowest BCUT2D eigenvalue weighted by molar-refractivity contribution is 0.0786. The van der Waals surface area contributed by atoms with E-state index in [1.807, 2.05) is 54.6 Å². The van der Waals surface area contributed by atoms with Crippen molar-refractivity contribution in [1.82, 2.24) is 0 Å². The monoisotopic (exact) mass is 240 g/mol. The summed E-state index contributed by atoms with van der Waals surface area (Å²) in [4.78, 5) is 10.7. The minimum absolute atomic E-state index is 0.201. The first kappa shape index (κ1) is 12.5. The van der Waals surface area contributed by atoms with Gasteiger partial charge in [0, 0.05) is 11.1 Å². The molecule has 2 aromatic rings. The lowest BCUT2D eigenvalue weighted by atomic mass is 9.92. The number of hydrogen-bond acceptors (Lipinski definition) is 2. The lowest BCUT2D eigenvalue weighted by Gasteiger charge is -2.16. The van der Waals surface area contributed by atoms with E-state index in [1.54, 1.807) is 13.8 Å². The summed E-state index contributed by atoms with van der Waals surface area (Å²) in [6.45, 7) is 3.56. The topological polar surface area (TPSA) is 37.3 Å². The standard InChI is InChI=1S/C9H12O.C7H4O/c1-9(2,10)8-6-4-3-5-7-8;8-7-5-2-1-3-6(7)4-5/h3-7,10H,1-2H3;1-4H. The van der Waals surface area contributed by atoms with E-state index >= 15 is 0 Å². The molecule has 0 unspecified atom stereocenters. The number of benzene rings is 2. The second kappa shape index (κ2) is 4.75. The maximum absolute atomic E-state index is 10.7. The van der Waals surface area contributed by atoms with Crippen LogP contribution in [-0.2, 0) is 5.60 Å². The molecule has 2 aliphatic carbocycles. The molecule has 0 amide bonds. The molecule has 2 aromatic carbocycles. The van der Waals surface area contributed by atoms with Crippen LogP contribution in [0.3, 0.4) is 0 Å². The highest BCUT2D eigenvalue weighted by molar-refractivity contribution is 6.16. The van der Waals surface area contributed by atoms with Gasteiger partial charge in [-0.3, -0.25) is 4.79 Å². The summed E-state index contributed by atoms with van der Waals surface area (Å²) in [5.74, 6) is 0.201. The number of rotatable bonds is 1. The highest BCUT2D eigenvalue weighted by Crippen LogP contribution is 2.19. The van der Waals surface area contributed by atoms with Crippen molar-refractivity contribution in [3.63, 3.8) is 0 Å². The van der Waals surface area contributed by atoms with Crippen LogP contribution in [-0.4, -0.2) is 10.9 Å². The predicted octanol–water partition coefficient (Wildman–Crippen LogP) is 3.15. The van der Waals surface area contributed by atoms with Crippen LogP contribution in [0.5, 0.6) is 0 Å². The molecule has 0 radical (unpaired) electrons. The second-order valence-electron chi connectivity index (χ2n) is 4.83. The van der Waals surface area contributed by atoms with Crippen LogP contribution in [0.4, 0.5) is 0 Å². The van der Waals surface area contributed by atoms with E-state index in [-0.39, 0.29) is 5.78 Å². The van der Waals surface area contributed by atoms with Crippen molar-refractivity contribution in [2.75, 3.05) is 0 Å². The first-order chi connectivity index (χ1) is 8.48. The molecule has 92 valence electrons. The van der Waals surface area contributed by atoms with E-state index in [9.17, 15) is 9.90 Å². The largest absolute Gasteiger partial charge is 0.386 e. The zero-order valence-electron chi connectivity index (χ0n) is 10.6. The van der Waals surface area contributed by atoms with Crippen molar-refractivity contribution in [2.45, 2.75) is 19.4 Å². The Hall–Kier alpha value is -1.93. The van der Waals surface area contributed by atoms with Gasteiger partial charge in [0.15, 0.2) is 5.78 Å². The summed E-state index contributed by atoms with van der Waals surface area (Å²) in [7, 11) is 0. The minimum atomic E-state index is -0.707. The van der Waals surface area contributed by atoms with Crippen LogP contribution in [0.2, 0.25) is 0 Å². The fourth-order valence-corrected chi connectivity index (χ4v) is 1.74. The van der Waals surface area contributed by atoms with Gasteiger partial charge in [-0.25, -0.2) is 0 Å². The lowest BCUT2D eigenvalue weighted by Crippen LogP contribution is -2.14. The molecule has 2 nitrogen and oxygen atoms in total. The summed E-state index contributed by atoms with van der Waals surface area (Å²) >= 11 is 0. The highest BCUT2D eigenvalue weighted by atomic mass is 16.3. The van der Waals surface area contributed by atoms with E-state index in [2.05, 4.69) is 0 Å². The van der Waals surface area contributed by atoms with Crippen LogP contribution >= 0.6 is 0 Å². The Morgan fingerprint density at radius 2 is 1.44 bits per heavy atom. The maximum Gasteiger partial charge on any atom is 0.193 e. The Morgan fingerprint density at radius 3 is 1.72 bits per heavy atom. The molecule has 0 atom stereocenters. The summed E-state index contributed by atoms with van der Waals surface area (Å²) in [5.41, 5.74) is 1.95. The van der Waals surface area contributed by atoms with Crippen LogP contribution in [0.25, 0.3) is 0 Å². The van der Waals surface area contributed by atoms with Gasteiger partial charge in [0.25, 0.3) is 0 Å². The van der Waals surface area contributed by atoms with Crippen molar-refractivity contribution in [3.05, 3.63) is 71.3 Å². The van der Waals surface area contributed by atoms with Crippen LogP contribution in [0, 0.1) is 0 Å². The van der Waals surface area contributed by atoms with Crippen molar-refractivity contribution in [3.8, 4) is 0 Å². The van der Waals surface area contributed by atoms with Gasteiger partial charge in [0.1, 0.15) is 0 Å². The first-order valence-electron chi connectivity index (χ1n) is 5.91. The second-order valence-corrected chi connectivity index (χ2v) is 4.83. The van der Waals surface area contributed by atoms with Gasteiger partial charge in [0.05, 0.1) is 5.60 Å². The Bertz CT molecular complexity index is 522. The minimum Gasteiger partial charge on any atom is -0.386 e. The fraction of sp³-hybridized carbons (Fsp3) is 0.188. The van der Waals surface area contributed by atoms with Gasteiger partial charge in [0.2, 0.25) is 0 Å². The third kappa shape index (κ3) is 2.66. The smallest absolute Gasteiger partial charge is 0.193 e. The number of hydrogen-bond donors (Lipinski definition) is 1. The number of ketones is 1. The van der Waals surface area contributed by atoms with E-state index in [1.165, 1.54) is 0 Å². The molecule has 2 heteroatoms. The molecular formula is C16H16O2. The number of carbonyl (C=O) groups excluding carboxylic acids is 1. The Kier molecular flexibility index (Phi) is 3.30. The average molecular weight is 240 g/mol.